The van der Waals surface area contributed by atoms with Crippen LogP contribution in [-0.2, 0) is 0 Å². The fourth-order valence-electron chi connectivity index (χ4n) is 2.52. The third kappa shape index (κ3) is 3.96. The van der Waals surface area contributed by atoms with Crippen LogP contribution >= 0.6 is 11.3 Å². The summed E-state index contributed by atoms with van der Waals surface area (Å²) in [4.78, 5) is 3.63. The van der Waals surface area contributed by atoms with Gasteiger partial charge >= 0.3 is 6.18 Å². The lowest BCUT2D eigenvalue weighted by Crippen LogP contribution is -2.45. The highest BCUT2D eigenvalue weighted by molar-refractivity contribution is 7.12. The molecule has 1 heterocycles. The fraction of sp³-hybridized carbons (Fsp3) is 0.714. The van der Waals surface area contributed by atoms with Gasteiger partial charge in [-0.05, 0) is 38.3 Å². The molecular formula is C14H21F3N2S. The molecular weight excluding hydrogens is 285 g/mol. The molecule has 2 N–H and O–H groups in total. The van der Waals surface area contributed by atoms with Crippen LogP contribution in [0, 0.1) is 6.92 Å². The number of nitrogens with two attached hydrogens (primary N) is 1. The molecule has 1 saturated carbocycles. The fourth-order valence-corrected chi connectivity index (χ4v) is 3.60. The third-order valence-corrected chi connectivity index (χ3v) is 4.74. The summed E-state index contributed by atoms with van der Waals surface area (Å²) >= 11 is 1.55. The van der Waals surface area contributed by atoms with E-state index in [1.807, 2.05) is 26.0 Å². The lowest BCUT2D eigenvalue weighted by atomic mass is 10.0. The zero-order chi connectivity index (χ0) is 14.9. The van der Waals surface area contributed by atoms with Gasteiger partial charge < -0.3 is 5.73 Å². The van der Waals surface area contributed by atoms with E-state index in [2.05, 4.69) is 0 Å². The predicted octanol–water partition coefficient (Wildman–Crippen LogP) is 3.86. The molecule has 0 saturated heterocycles. The standard InChI is InChI=1S/C14H21F3N2S/c1-3-11(18)13(12-7-4-9(2)20-12)19(10-5-6-10)8-14(15,16)17/h4,7,10-11,13H,3,5-6,8,18H2,1-2H3. The molecule has 2 nitrogen and oxygen atoms in total. The molecule has 2 unspecified atom stereocenters. The van der Waals surface area contributed by atoms with Gasteiger partial charge in [0, 0.05) is 21.8 Å². The Balaban J connectivity index is 2.27. The molecule has 0 radical (unpaired) electrons. The smallest absolute Gasteiger partial charge is 0.326 e. The number of hydrogen-bond acceptors (Lipinski definition) is 3. The molecule has 1 aliphatic carbocycles. The largest absolute Gasteiger partial charge is 0.401 e. The first-order valence-corrected chi connectivity index (χ1v) is 7.78. The van der Waals surface area contributed by atoms with Gasteiger partial charge in [0.2, 0.25) is 0 Å². The first-order chi connectivity index (χ1) is 9.31. The molecule has 20 heavy (non-hydrogen) atoms. The van der Waals surface area contributed by atoms with Gasteiger partial charge in [-0.2, -0.15) is 13.2 Å². The van der Waals surface area contributed by atoms with Crippen molar-refractivity contribution >= 4 is 11.3 Å². The summed E-state index contributed by atoms with van der Waals surface area (Å²) in [5.74, 6) is 0. The van der Waals surface area contributed by atoms with E-state index in [4.69, 9.17) is 5.73 Å². The van der Waals surface area contributed by atoms with Crippen LogP contribution in [0.3, 0.4) is 0 Å². The Labute approximate surface area is 121 Å². The molecule has 6 heteroatoms. The van der Waals surface area contributed by atoms with Crippen molar-refractivity contribution in [3.05, 3.63) is 21.9 Å². The lowest BCUT2D eigenvalue weighted by Gasteiger charge is -2.35. The van der Waals surface area contributed by atoms with Gasteiger partial charge in [0.05, 0.1) is 12.6 Å². The lowest BCUT2D eigenvalue weighted by molar-refractivity contribution is -0.153. The van der Waals surface area contributed by atoms with Crippen molar-refractivity contribution in [2.45, 2.75) is 57.4 Å². The Morgan fingerprint density at radius 3 is 2.45 bits per heavy atom. The average molecular weight is 306 g/mol. The van der Waals surface area contributed by atoms with E-state index in [9.17, 15) is 13.2 Å². The molecule has 0 bridgehead atoms. The second kappa shape index (κ2) is 6.03. The predicted molar refractivity (Wildman–Crippen MR) is 75.8 cm³/mol. The molecule has 0 amide bonds. The van der Waals surface area contributed by atoms with Crippen molar-refractivity contribution in [2.24, 2.45) is 5.73 Å². The van der Waals surface area contributed by atoms with Crippen molar-refractivity contribution in [2.75, 3.05) is 6.54 Å². The van der Waals surface area contributed by atoms with Crippen LogP contribution in [0.5, 0.6) is 0 Å². The quantitative estimate of drug-likeness (QED) is 0.864. The van der Waals surface area contributed by atoms with E-state index >= 15 is 0 Å². The van der Waals surface area contributed by atoms with Crippen LogP contribution in [-0.4, -0.2) is 29.7 Å². The van der Waals surface area contributed by atoms with Gasteiger partial charge in [-0.25, -0.2) is 0 Å². The maximum atomic E-state index is 12.9. The van der Waals surface area contributed by atoms with Crippen LogP contribution in [0.1, 0.15) is 42.0 Å². The number of alkyl halides is 3. The van der Waals surface area contributed by atoms with Gasteiger partial charge in [0.1, 0.15) is 0 Å². The highest BCUT2D eigenvalue weighted by Crippen LogP contribution is 2.40. The summed E-state index contributed by atoms with van der Waals surface area (Å²) < 4.78 is 38.6. The zero-order valence-corrected chi connectivity index (χ0v) is 12.6. The molecule has 0 spiro atoms. The highest BCUT2D eigenvalue weighted by atomic mass is 32.1. The van der Waals surface area contributed by atoms with Gasteiger partial charge in [-0.1, -0.05) is 6.92 Å². The zero-order valence-electron chi connectivity index (χ0n) is 11.8. The summed E-state index contributed by atoms with van der Waals surface area (Å²) in [5, 5.41) is 0. The van der Waals surface area contributed by atoms with E-state index in [0.717, 1.165) is 22.6 Å². The summed E-state index contributed by atoms with van der Waals surface area (Å²) in [6.07, 6.45) is -1.83. The normalized spacial score (nSPS) is 19.4. The molecule has 2 atom stereocenters. The number of aryl methyl sites for hydroxylation is 1. The molecule has 0 aromatic carbocycles. The van der Waals surface area contributed by atoms with Crippen LogP contribution in [0.4, 0.5) is 13.2 Å². The highest BCUT2D eigenvalue weighted by Gasteiger charge is 2.43. The molecule has 1 fully saturated rings. The monoisotopic (exact) mass is 306 g/mol. The first-order valence-electron chi connectivity index (χ1n) is 6.96. The second-order valence-corrected chi connectivity index (χ2v) is 6.80. The van der Waals surface area contributed by atoms with Gasteiger partial charge in [-0.15, -0.1) is 11.3 Å². The number of halogens is 3. The van der Waals surface area contributed by atoms with Crippen molar-refractivity contribution in [3.8, 4) is 0 Å². The third-order valence-electron chi connectivity index (χ3n) is 3.66. The van der Waals surface area contributed by atoms with E-state index in [1.54, 1.807) is 16.2 Å². The van der Waals surface area contributed by atoms with E-state index in [1.165, 1.54) is 0 Å². The Kier molecular flexibility index (Phi) is 4.76. The van der Waals surface area contributed by atoms with Gasteiger partial charge in [0.25, 0.3) is 0 Å². The molecule has 0 aliphatic heterocycles. The molecule has 1 aliphatic rings. The summed E-state index contributed by atoms with van der Waals surface area (Å²) in [6, 6.07) is 3.31. The minimum atomic E-state index is -4.18. The van der Waals surface area contributed by atoms with Gasteiger partial charge in [-0.3, -0.25) is 4.90 Å². The van der Waals surface area contributed by atoms with Crippen LogP contribution < -0.4 is 5.73 Å². The maximum Gasteiger partial charge on any atom is 0.401 e. The average Bonchev–Trinajstić information content (AvgIpc) is 3.10. The Bertz CT molecular complexity index is 440. The Morgan fingerprint density at radius 2 is 2.05 bits per heavy atom. The second-order valence-electron chi connectivity index (χ2n) is 5.48. The number of thiophene rings is 1. The Morgan fingerprint density at radius 1 is 1.40 bits per heavy atom. The minimum absolute atomic E-state index is 0.0293. The van der Waals surface area contributed by atoms with E-state index < -0.39 is 12.7 Å². The van der Waals surface area contributed by atoms with Crippen molar-refractivity contribution < 1.29 is 13.2 Å². The molecule has 2 rings (SSSR count). The SMILES string of the molecule is CCC(N)C(c1ccc(C)s1)N(CC(F)(F)F)C1CC1. The van der Waals surface area contributed by atoms with E-state index in [0.29, 0.717) is 6.42 Å². The summed E-state index contributed by atoms with van der Waals surface area (Å²) in [7, 11) is 0. The number of nitrogens with zero attached hydrogens (tertiary/aromatic N) is 1. The number of rotatable bonds is 6. The van der Waals surface area contributed by atoms with E-state index in [-0.39, 0.29) is 18.1 Å². The maximum absolute atomic E-state index is 12.9. The minimum Gasteiger partial charge on any atom is -0.326 e. The summed E-state index contributed by atoms with van der Waals surface area (Å²) in [5.41, 5.74) is 6.14. The van der Waals surface area contributed by atoms with Crippen LogP contribution in [0.2, 0.25) is 0 Å². The van der Waals surface area contributed by atoms with Crippen LogP contribution in [0.15, 0.2) is 12.1 Å². The van der Waals surface area contributed by atoms with Crippen molar-refractivity contribution in [3.63, 3.8) is 0 Å². The summed E-state index contributed by atoms with van der Waals surface area (Å²) in [6.45, 7) is 3.03. The topological polar surface area (TPSA) is 29.3 Å². The first kappa shape index (κ1) is 15.8. The Hall–Kier alpha value is -0.590. The molecule has 114 valence electrons. The molecule has 1 aromatic rings. The van der Waals surface area contributed by atoms with Crippen molar-refractivity contribution in [1.29, 1.82) is 0 Å². The van der Waals surface area contributed by atoms with Gasteiger partial charge in [0.15, 0.2) is 0 Å². The van der Waals surface area contributed by atoms with Crippen LogP contribution in [0.25, 0.3) is 0 Å². The molecule has 1 aromatic heterocycles. The van der Waals surface area contributed by atoms with Crippen molar-refractivity contribution in [1.82, 2.24) is 4.90 Å². The number of hydrogen-bond donors (Lipinski definition) is 1.